The second-order valence-corrected chi connectivity index (χ2v) is 6.80. The quantitative estimate of drug-likeness (QED) is 0.697. The molecule has 114 valence electrons. The molecule has 1 atom stereocenters. The number of benzene rings is 1. The fraction of sp³-hybridized carbons (Fsp3) is 0.476. The predicted octanol–water partition coefficient (Wildman–Crippen LogP) is 5.73. The highest BCUT2D eigenvalue weighted by Crippen LogP contribution is 2.39. The Labute approximate surface area is 134 Å². The van der Waals surface area contributed by atoms with Gasteiger partial charge in [-0.2, -0.15) is 5.26 Å². The molecule has 1 saturated carbocycles. The van der Waals surface area contributed by atoms with Crippen molar-refractivity contribution in [3.8, 4) is 6.07 Å². The van der Waals surface area contributed by atoms with Crippen molar-refractivity contribution in [2.45, 2.75) is 45.4 Å². The molecule has 0 N–H and O–H groups in total. The van der Waals surface area contributed by atoms with E-state index in [1.165, 1.54) is 49.7 Å². The van der Waals surface area contributed by atoms with Gasteiger partial charge in [-0.25, -0.2) is 0 Å². The third kappa shape index (κ3) is 3.33. The van der Waals surface area contributed by atoms with E-state index in [1.54, 1.807) is 0 Å². The molecule has 0 saturated heterocycles. The molecule has 3 rings (SSSR count). The summed E-state index contributed by atoms with van der Waals surface area (Å²) in [6, 6.07) is 10.1. The molecule has 0 spiro atoms. The number of rotatable bonds is 3. The molecule has 1 fully saturated rings. The topological polar surface area (TPSA) is 23.8 Å². The lowest BCUT2D eigenvalue weighted by Gasteiger charge is -2.33. The highest BCUT2D eigenvalue weighted by atomic mass is 14.3. The molecule has 2 aliphatic rings. The van der Waals surface area contributed by atoms with E-state index >= 15 is 0 Å². The Kier molecular flexibility index (Phi) is 4.78. The summed E-state index contributed by atoms with van der Waals surface area (Å²) in [6.07, 6.45) is 15.3. The number of nitrogens with zero attached hydrogens (tertiary/aromatic N) is 1. The van der Waals surface area contributed by atoms with Crippen molar-refractivity contribution in [1.29, 1.82) is 5.26 Å². The zero-order valence-corrected chi connectivity index (χ0v) is 13.5. The largest absolute Gasteiger partial charge is 0.192 e. The van der Waals surface area contributed by atoms with Crippen LogP contribution in [0.2, 0.25) is 0 Å². The number of nitriles is 1. The molecule has 0 aliphatic heterocycles. The zero-order valence-electron chi connectivity index (χ0n) is 13.5. The molecule has 1 nitrogen and oxygen atoms in total. The van der Waals surface area contributed by atoms with Crippen LogP contribution in [-0.4, -0.2) is 0 Å². The van der Waals surface area contributed by atoms with Crippen molar-refractivity contribution in [1.82, 2.24) is 0 Å². The van der Waals surface area contributed by atoms with Gasteiger partial charge in [0.2, 0.25) is 0 Å². The lowest BCUT2D eigenvalue weighted by Crippen LogP contribution is -2.21. The first-order valence-corrected chi connectivity index (χ1v) is 8.69. The maximum atomic E-state index is 8.88. The number of allylic oxidation sites excluding steroid dienone is 4. The van der Waals surface area contributed by atoms with E-state index in [4.69, 9.17) is 5.26 Å². The summed E-state index contributed by atoms with van der Waals surface area (Å²) >= 11 is 0. The van der Waals surface area contributed by atoms with E-state index in [0.29, 0.717) is 0 Å². The van der Waals surface area contributed by atoms with Crippen molar-refractivity contribution in [2.24, 2.45) is 17.8 Å². The average Bonchev–Trinajstić information content (AvgIpc) is 2.62. The van der Waals surface area contributed by atoms with Crippen LogP contribution >= 0.6 is 0 Å². The van der Waals surface area contributed by atoms with E-state index in [2.05, 4.69) is 43.4 Å². The monoisotopic (exact) mass is 291 g/mol. The summed E-state index contributed by atoms with van der Waals surface area (Å²) in [5.74, 6) is 2.60. The minimum atomic E-state index is 0.731. The summed E-state index contributed by atoms with van der Waals surface area (Å²) in [4.78, 5) is 0. The molecule has 1 unspecified atom stereocenters. The fourth-order valence-electron chi connectivity index (χ4n) is 3.96. The fourth-order valence-corrected chi connectivity index (χ4v) is 3.96. The molecule has 0 amide bonds. The molecule has 22 heavy (non-hydrogen) atoms. The second kappa shape index (κ2) is 6.97. The van der Waals surface area contributed by atoms with E-state index in [0.717, 1.165) is 23.3 Å². The first kappa shape index (κ1) is 15.1. The van der Waals surface area contributed by atoms with Crippen LogP contribution < -0.4 is 0 Å². The van der Waals surface area contributed by atoms with Gasteiger partial charge in [-0.15, -0.1) is 0 Å². The minimum absolute atomic E-state index is 0.731. The molecule has 0 bridgehead atoms. The Bertz CT molecular complexity index is 592. The third-order valence-corrected chi connectivity index (χ3v) is 5.55. The van der Waals surface area contributed by atoms with Gasteiger partial charge in [-0.1, -0.05) is 56.5 Å². The summed E-state index contributed by atoms with van der Waals surface area (Å²) in [7, 11) is 0. The summed E-state index contributed by atoms with van der Waals surface area (Å²) in [5.41, 5.74) is 3.26. The van der Waals surface area contributed by atoms with Crippen molar-refractivity contribution >= 4 is 5.57 Å². The van der Waals surface area contributed by atoms with Gasteiger partial charge in [0.1, 0.15) is 0 Å². The van der Waals surface area contributed by atoms with Gasteiger partial charge in [0, 0.05) is 0 Å². The molecule has 2 aliphatic carbocycles. The molecule has 1 heteroatoms. The van der Waals surface area contributed by atoms with Gasteiger partial charge < -0.3 is 0 Å². The minimum Gasteiger partial charge on any atom is -0.192 e. The van der Waals surface area contributed by atoms with Crippen LogP contribution in [0.25, 0.3) is 5.57 Å². The molecule has 0 heterocycles. The van der Waals surface area contributed by atoms with Crippen LogP contribution in [0, 0.1) is 29.1 Å². The second-order valence-electron chi connectivity index (χ2n) is 6.80. The van der Waals surface area contributed by atoms with Crippen LogP contribution in [0.3, 0.4) is 0 Å². The Morgan fingerprint density at radius 3 is 2.36 bits per heavy atom. The van der Waals surface area contributed by atoms with Crippen LogP contribution in [0.5, 0.6) is 0 Å². The Morgan fingerprint density at radius 1 is 1.09 bits per heavy atom. The third-order valence-electron chi connectivity index (χ3n) is 5.55. The normalized spacial score (nSPS) is 28.0. The Hall–Kier alpha value is -1.81. The van der Waals surface area contributed by atoms with E-state index in [1.807, 2.05) is 12.1 Å². The van der Waals surface area contributed by atoms with Crippen molar-refractivity contribution in [3.63, 3.8) is 0 Å². The van der Waals surface area contributed by atoms with Crippen LogP contribution in [0.15, 0.2) is 42.5 Å². The zero-order chi connectivity index (χ0) is 15.4. The summed E-state index contributed by atoms with van der Waals surface area (Å²) in [6.45, 7) is 2.33. The van der Waals surface area contributed by atoms with Crippen LogP contribution in [-0.2, 0) is 0 Å². The molecular formula is C21H25N. The van der Waals surface area contributed by atoms with E-state index in [-0.39, 0.29) is 0 Å². The first-order valence-electron chi connectivity index (χ1n) is 8.69. The maximum absolute atomic E-state index is 8.88. The molecule has 1 aromatic carbocycles. The highest BCUT2D eigenvalue weighted by Gasteiger charge is 2.26. The van der Waals surface area contributed by atoms with Gasteiger partial charge in [0.15, 0.2) is 0 Å². The lowest BCUT2D eigenvalue weighted by atomic mass is 9.73. The number of hydrogen-bond donors (Lipinski definition) is 0. The van der Waals surface area contributed by atoms with Crippen LogP contribution in [0.1, 0.15) is 56.6 Å². The molecule has 0 aromatic heterocycles. The standard InChI is InChI=1S/C21H25N/c1-2-16-3-7-18(8-4-16)20-11-13-21(14-12-20)19-9-5-17(15-22)6-10-19/h5-6,9-11,13-14,16,18,20H,2-4,7-8,12H2,1H3/t16-,18-,20?. The van der Waals surface area contributed by atoms with Crippen molar-refractivity contribution in [2.75, 3.05) is 0 Å². The SMILES string of the molecule is CC[C@H]1CC[C@H](C2C=CC(c3ccc(C#N)cc3)=CC2)CC1. The maximum Gasteiger partial charge on any atom is 0.0991 e. The smallest absolute Gasteiger partial charge is 0.0991 e. The predicted molar refractivity (Wildman–Crippen MR) is 92.1 cm³/mol. The first-order chi connectivity index (χ1) is 10.8. The van der Waals surface area contributed by atoms with Gasteiger partial charge in [-0.05, 0) is 60.3 Å². The lowest BCUT2D eigenvalue weighted by molar-refractivity contribution is 0.226. The van der Waals surface area contributed by atoms with Gasteiger partial charge >= 0.3 is 0 Å². The summed E-state index contributed by atoms with van der Waals surface area (Å²) in [5, 5.41) is 8.88. The summed E-state index contributed by atoms with van der Waals surface area (Å²) < 4.78 is 0. The van der Waals surface area contributed by atoms with Gasteiger partial charge in [-0.3, -0.25) is 0 Å². The molecular weight excluding hydrogens is 266 g/mol. The van der Waals surface area contributed by atoms with Gasteiger partial charge in [0.25, 0.3) is 0 Å². The van der Waals surface area contributed by atoms with Crippen molar-refractivity contribution in [3.05, 3.63) is 53.6 Å². The van der Waals surface area contributed by atoms with E-state index < -0.39 is 0 Å². The van der Waals surface area contributed by atoms with E-state index in [9.17, 15) is 0 Å². The van der Waals surface area contributed by atoms with Crippen LogP contribution in [0.4, 0.5) is 0 Å². The average molecular weight is 291 g/mol. The Morgan fingerprint density at radius 2 is 1.82 bits per heavy atom. The van der Waals surface area contributed by atoms with Crippen molar-refractivity contribution < 1.29 is 0 Å². The Balaban J connectivity index is 1.60. The molecule has 1 aromatic rings. The molecule has 0 radical (unpaired) electrons. The number of hydrogen-bond acceptors (Lipinski definition) is 1. The van der Waals surface area contributed by atoms with Gasteiger partial charge in [0.05, 0.1) is 11.6 Å². The highest BCUT2D eigenvalue weighted by molar-refractivity contribution is 5.75.